The van der Waals surface area contributed by atoms with Gasteiger partial charge in [0.2, 0.25) is 10.0 Å². The average molecular weight is 440 g/mol. The van der Waals surface area contributed by atoms with Crippen molar-refractivity contribution >= 4 is 47.6 Å². The van der Waals surface area contributed by atoms with E-state index in [0.29, 0.717) is 21.2 Å². The van der Waals surface area contributed by atoms with Gasteiger partial charge in [0, 0.05) is 21.2 Å². The molecule has 0 saturated heterocycles. The molecule has 1 saturated carbocycles. The van der Waals surface area contributed by atoms with Crippen LogP contribution in [0.5, 0.6) is 0 Å². The number of sulfonamides is 1. The van der Waals surface area contributed by atoms with Gasteiger partial charge < -0.3 is 5.73 Å². The fourth-order valence-corrected chi connectivity index (χ4v) is 6.57. The maximum atomic E-state index is 12.6. The highest BCUT2D eigenvalue weighted by molar-refractivity contribution is 9.11. The van der Waals surface area contributed by atoms with Crippen LogP contribution in [0.1, 0.15) is 39.0 Å². The predicted octanol–water partition coefficient (Wildman–Crippen LogP) is 4.04. The van der Waals surface area contributed by atoms with Gasteiger partial charge in [0.15, 0.2) is 0 Å². The van der Waals surface area contributed by atoms with E-state index in [2.05, 4.69) is 43.5 Å². The smallest absolute Gasteiger partial charge is 0.242 e. The van der Waals surface area contributed by atoms with E-state index in [1.165, 1.54) is 19.3 Å². The normalized spacial score (nSPS) is 18.6. The standard InChI is InChI=1S/C14H20Br2N2O2S/c1-14(5-3-2-4-6-14)9-18-21(19,20)13-11(15)7-10(17)8-12(13)16/h7-8,18H,2-6,9,17H2,1H3. The number of hydrogen-bond donors (Lipinski definition) is 2. The summed E-state index contributed by atoms with van der Waals surface area (Å²) in [6.07, 6.45) is 5.73. The molecule has 0 radical (unpaired) electrons. The van der Waals surface area contributed by atoms with E-state index < -0.39 is 10.0 Å². The highest BCUT2D eigenvalue weighted by Crippen LogP contribution is 2.36. The SMILES string of the molecule is CC1(CNS(=O)(=O)c2c(Br)cc(N)cc2Br)CCCCC1. The highest BCUT2D eigenvalue weighted by atomic mass is 79.9. The van der Waals surface area contributed by atoms with Crippen molar-refractivity contribution in [2.45, 2.75) is 43.9 Å². The monoisotopic (exact) mass is 438 g/mol. The Kier molecular flexibility index (Phi) is 5.39. The molecule has 0 heterocycles. The first kappa shape index (κ1) is 17.2. The third kappa shape index (κ3) is 4.21. The number of nitrogen functional groups attached to an aromatic ring is 1. The first-order valence-electron chi connectivity index (χ1n) is 6.98. The van der Waals surface area contributed by atoms with Gasteiger partial charge >= 0.3 is 0 Å². The minimum absolute atomic E-state index is 0.0537. The van der Waals surface area contributed by atoms with Gasteiger partial charge in [0.05, 0.1) is 0 Å². The molecule has 7 heteroatoms. The lowest BCUT2D eigenvalue weighted by molar-refractivity contribution is 0.219. The van der Waals surface area contributed by atoms with Crippen molar-refractivity contribution in [3.8, 4) is 0 Å². The van der Waals surface area contributed by atoms with E-state index >= 15 is 0 Å². The van der Waals surface area contributed by atoms with Crippen LogP contribution < -0.4 is 10.5 Å². The summed E-state index contributed by atoms with van der Waals surface area (Å²) in [5.74, 6) is 0. The summed E-state index contributed by atoms with van der Waals surface area (Å²) in [5.41, 5.74) is 6.27. The van der Waals surface area contributed by atoms with Crippen LogP contribution in [-0.2, 0) is 10.0 Å². The average Bonchev–Trinajstić information content (AvgIpc) is 2.36. The Hall–Kier alpha value is -0.110. The Morgan fingerprint density at radius 1 is 1.19 bits per heavy atom. The lowest BCUT2D eigenvalue weighted by Gasteiger charge is -2.33. The number of benzene rings is 1. The maximum absolute atomic E-state index is 12.6. The van der Waals surface area contributed by atoms with Crippen LogP contribution in [0.2, 0.25) is 0 Å². The molecule has 1 aromatic rings. The molecule has 0 spiro atoms. The number of nitrogens with one attached hydrogen (secondary N) is 1. The topological polar surface area (TPSA) is 72.2 Å². The molecule has 118 valence electrons. The van der Waals surface area contributed by atoms with Crippen LogP contribution in [0.15, 0.2) is 26.0 Å². The predicted molar refractivity (Wildman–Crippen MR) is 92.6 cm³/mol. The summed E-state index contributed by atoms with van der Waals surface area (Å²) in [4.78, 5) is 0.205. The van der Waals surface area contributed by atoms with Crippen molar-refractivity contribution < 1.29 is 8.42 Å². The summed E-state index contributed by atoms with van der Waals surface area (Å²) < 4.78 is 28.8. The van der Waals surface area contributed by atoms with E-state index in [1.54, 1.807) is 12.1 Å². The Balaban J connectivity index is 2.19. The molecular weight excluding hydrogens is 420 g/mol. The molecule has 1 fully saturated rings. The van der Waals surface area contributed by atoms with E-state index in [0.717, 1.165) is 12.8 Å². The fraction of sp³-hybridized carbons (Fsp3) is 0.571. The van der Waals surface area contributed by atoms with E-state index in [1.807, 2.05) is 0 Å². The van der Waals surface area contributed by atoms with Crippen LogP contribution in [0.3, 0.4) is 0 Å². The van der Waals surface area contributed by atoms with Gasteiger partial charge in [0.25, 0.3) is 0 Å². The molecule has 2 rings (SSSR count). The minimum Gasteiger partial charge on any atom is -0.399 e. The molecule has 0 bridgehead atoms. The van der Waals surface area contributed by atoms with Gasteiger partial charge in [-0.25, -0.2) is 13.1 Å². The van der Waals surface area contributed by atoms with E-state index in [9.17, 15) is 8.42 Å². The quantitative estimate of drug-likeness (QED) is 0.695. The molecule has 4 nitrogen and oxygen atoms in total. The summed E-state index contributed by atoms with van der Waals surface area (Å²) in [5, 5.41) is 0. The lowest BCUT2D eigenvalue weighted by atomic mass is 9.76. The summed E-state index contributed by atoms with van der Waals surface area (Å²) in [6, 6.07) is 3.20. The molecule has 0 atom stereocenters. The molecule has 0 unspecified atom stereocenters. The van der Waals surface area contributed by atoms with Crippen LogP contribution in [0.4, 0.5) is 5.69 Å². The molecule has 3 N–H and O–H groups in total. The summed E-state index contributed by atoms with van der Waals surface area (Å²) >= 11 is 6.57. The molecule has 0 aromatic heterocycles. The third-order valence-electron chi connectivity index (χ3n) is 4.04. The van der Waals surface area contributed by atoms with E-state index in [-0.39, 0.29) is 10.3 Å². The first-order chi connectivity index (χ1) is 9.73. The van der Waals surface area contributed by atoms with Gasteiger partial charge in [-0.2, -0.15) is 0 Å². The highest BCUT2D eigenvalue weighted by Gasteiger charge is 2.30. The summed E-state index contributed by atoms with van der Waals surface area (Å²) in [6.45, 7) is 2.63. The minimum atomic E-state index is -3.58. The van der Waals surface area contributed by atoms with Crippen LogP contribution in [0.25, 0.3) is 0 Å². The van der Waals surface area contributed by atoms with Crippen molar-refractivity contribution in [1.29, 1.82) is 0 Å². The second-order valence-corrected chi connectivity index (χ2v) is 9.42. The van der Waals surface area contributed by atoms with Crippen molar-refractivity contribution in [1.82, 2.24) is 4.72 Å². The molecule has 1 aliphatic rings. The Labute approximate surface area is 143 Å². The molecule has 1 aliphatic carbocycles. The van der Waals surface area contributed by atoms with Crippen molar-refractivity contribution in [3.63, 3.8) is 0 Å². The largest absolute Gasteiger partial charge is 0.399 e. The number of halogens is 2. The zero-order valence-corrected chi connectivity index (χ0v) is 15.9. The second kappa shape index (κ2) is 6.56. The third-order valence-corrected chi connectivity index (χ3v) is 7.32. The molecule has 0 amide bonds. The Morgan fingerprint density at radius 2 is 1.71 bits per heavy atom. The zero-order chi connectivity index (χ0) is 15.7. The number of hydrogen-bond acceptors (Lipinski definition) is 3. The van der Waals surface area contributed by atoms with Crippen LogP contribution in [0, 0.1) is 5.41 Å². The molecule has 1 aromatic carbocycles. The van der Waals surface area contributed by atoms with E-state index in [4.69, 9.17) is 5.73 Å². The zero-order valence-electron chi connectivity index (χ0n) is 12.0. The number of anilines is 1. The lowest BCUT2D eigenvalue weighted by Crippen LogP contribution is -2.37. The van der Waals surface area contributed by atoms with Gasteiger partial charge in [-0.3, -0.25) is 0 Å². The Morgan fingerprint density at radius 3 is 2.24 bits per heavy atom. The molecular formula is C14H20Br2N2O2S. The van der Waals surface area contributed by atoms with Crippen molar-refractivity contribution in [2.75, 3.05) is 12.3 Å². The van der Waals surface area contributed by atoms with Crippen LogP contribution >= 0.6 is 31.9 Å². The summed E-state index contributed by atoms with van der Waals surface area (Å²) in [7, 11) is -3.58. The van der Waals surface area contributed by atoms with Crippen molar-refractivity contribution in [2.24, 2.45) is 5.41 Å². The van der Waals surface area contributed by atoms with Gasteiger partial charge in [-0.1, -0.05) is 26.2 Å². The maximum Gasteiger partial charge on any atom is 0.242 e. The first-order valence-corrected chi connectivity index (χ1v) is 10.0. The van der Waals surface area contributed by atoms with Crippen molar-refractivity contribution in [3.05, 3.63) is 21.1 Å². The Bertz CT molecular complexity index is 603. The number of rotatable bonds is 4. The van der Waals surface area contributed by atoms with Gasteiger partial charge in [-0.15, -0.1) is 0 Å². The van der Waals surface area contributed by atoms with Gasteiger partial charge in [-0.05, 0) is 62.2 Å². The second-order valence-electron chi connectivity index (χ2n) is 6.01. The van der Waals surface area contributed by atoms with Gasteiger partial charge in [0.1, 0.15) is 4.90 Å². The number of nitrogens with two attached hydrogens (primary N) is 1. The molecule has 0 aliphatic heterocycles. The fourth-order valence-electron chi connectivity index (χ4n) is 2.76. The van der Waals surface area contributed by atoms with Crippen LogP contribution in [-0.4, -0.2) is 15.0 Å². The molecule has 21 heavy (non-hydrogen) atoms.